The van der Waals surface area contributed by atoms with Crippen molar-refractivity contribution in [2.24, 2.45) is 0 Å². The molecular formula is C10H11FN2O4. The average molecular weight is 242 g/mol. The molecule has 0 aromatic heterocycles. The number of nitrogens with one attached hydrogen (secondary N) is 2. The van der Waals surface area contributed by atoms with Crippen LogP contribution in [0.15, 0.2) is 24.3 Å². The van der Waals surface area contributed by atoms with Crippen LogP contribution in [0.3, 0.4) is 0 Å². The van der Waals surface area contributed by atoms with Gasteiger partial charge in [-0.05, 0) is 12.1 Å². The average Bonchev–Trinajstić information content (AvgIpc) is 2.28. The highest BCUT2D eigenvalue weighted by atomic mass is 19.1. The van der Waals surface area contributed by atoms with Gasteiger partial charge in [-0.25, -0.2) is 14.0 Å². The van der Waals surface area contributed by atoms with Gasteiger partial charge in [0.15, 0.2) is 6.04 Å². The summed E-state index contributed by atoms with van der Waals surface area (Å²) in [4.78, 5) is 21.8. The van der Waals surface area contributed by atoms with Crippen LogP contribution in [0.2, 0.25) is 0 Å². The van der Waals surface area contributed by atoms with E-state index in [-0.39, 0.29) is 5.69 Å². The second kappa shape index (κ2) is 5.80. The molecule has 1 unspecified atom stereocenters. The number of hydrogen-bond acceptors (Lipinski definition) is 3. The zero-order valence-electron chi connectivity index (χ0n) is 8.68. The van der Waals surface area contributed by atoms with Crippen molar-refractivity contribution in [3.63, 3.8) is 0 Å². The Labute approximate surface area is 96.1 Å². The molecule has 0 spiro atoms. The van der Waals surface area contributed by atoms with E-state index < -0.39 is 30.5 Å². The van der Waals surface area contributed by atoms with Crippen molar-refractivity contribution in [1.82, 2.24) is 5.32 Å². The van der Waals surface area contributed by atoms with Gasteiger partial charge in [-0.3, -0.25) is 0 Å². The van der Waals surface area contributed by atoms with Gasteiger partial charge in [-0.1, -0.05) is 12.1 Å². The second-order valence-electron chi connectivity index (χ2n) is 3.15. The lowest BCUT2D eigenvalue weighted by atomic mass is 10.3. The number of hydrogen-bond donors (Lipinski definition) is 4. The minimum absolute atomic E-state index is 0.0768. The van der Waals surface area contributed by atoms with Crippen molar-refractivity contribution in [3.8, 4) is 0 Å². The van der Waals surface area contributed by atoms with Gasteiger partial charge in [0.2, 0.25) is 0 Å². The Hall–Kier alpha value is -2.15. The van der Waals surface area contributed by atoms with E-state index in [0.717, 1.165) is 6.07 Å². The predicted molar refractivity (Wildman–Crippen MR) is 57.1 cm³/mol. The standard InChI is InChI=1S/C10H11FN2O4/c11-6-3-1-2-4-7(6)12-10(17)13-8(5-14)9(15)16/h1-4,8,14H,5H2,(H,15,16)(H2,12,13,17). The molecule has 0 saturated carbocycles. The first-order chi connectivity index (χ1) is 8.04. The summed E-state index contributed by atoms with van der Waals surface area (Å²) in [6.45, 7) is -0.750. The van der Waals surface area contributed by atoms with E-state index in [4.69, 9.17) is 10.2 Å². The highest BCUT2D eigenvalue weighted by Gasteiger charge is 2.18. The number of urea groups is 1. The molecule has 1 aromatic rings. The molecule has 0 aliphatic rings. The molecule has 0 aliphatic heterocycles. The van der Waals surface area contributed by atoms with Crippen LogP contribution in [0.5, 0.6) is 0 Å². The van der Waals surface area contributed by atoms with Gasteiger partial charge in [0.05, 0.1) is 12.3 Å². The van der Waals surface area contributed by atoms with E-state index in [9.17, 15) is 14.0 Å². The van der Waals surface area contributed by atoms with Gasteiger partial charge >= 0.3 is 12.0 Å². The van der Waals surface area contributed by atoms with E-state index in [1.54, 1.807) is 0 Å². The van der Waals surface area contributed by atoms with E-state index >= 15 is 0 Å². The Balaban J connectivity index is 2.61. The highest BCUT2D eigenvalue weighted by Crippen LogP contribution is 2.11. The Morgan fingerprint density at radius 2 is 2.00 bits per heavy atom. The predicted octanol–water partition coefficient (Wildman–Crippen LogP) is 0.393. The number of aliphatic carboxylic acids is 1. The maximum absolute atomic E-state index is 13.1. The van der Waals surface area contributed by atoms with Gasteiger partial charge in [-0.15, -0.1) is 0 Å². The molecule has 0 saturated heterocycles. The molecule has 2 amide bonds. The van der Waals surface area contributed by atoms with Gasteiger partial charge in [0.25, 0.3) is 0 Å². The van der Waals surface area contributed by atoms with Gasteiger partial charge < -0.3 is 20.8 Å². The van der Waals surface area contributed by atoms with Gasteiger partial charge in [-0.2, -0.15) is 0 Å². The fourth-order valence-electron chi connectivity index (χ4n) is 1.06. The molecule has 1 aromatic carbocycles. The first kappa shape index (κ1) is 12.9. The summed E-state index contributed by atoms with van der Waals surface area (Å²) in [5.74, 6) is -2.02. The Bertz CT molecular complexity index is 425. The number of halogens is 1. The monoisotopic (exact) mass is 242 g/mol. The number of aliphatic hydroxyl groups excluding tert-OH is 1. The molecule has 1 rings (SSSR count). The zero-order chi connectivity index (χ0) is 12.8. The fourth-order valence-corrected chi connectivity index (χ4v) is 1.06. The lowest BCUT2D eigenvalue weighted by molar-refractivity contribution is -0.140. The van der Waals surface area contributed by atoms with Crippen molar-refractivity contribution in [3.05, 3.63) is 30.1 Å². The molecule has 7 heteroatoms. The number of carboxylic acid groups (broad SMARTS) is 1. The van der Waals surface area contributed by atoms with Crippen LogP contribution >= 0.6 is 0 Å². The number of benzene rings is 1. The summed E-state index contributed by atoms with van der Waals surface area (Å²) in [5, 5.41) is 21.3. The highest BCUT2D eigenvalue weighted by molar-refractivity contribution is 5.92. The minimum atomic E-state index is -1.43. The zero-order valence-corrected chi connectivity index (χ0v) is 8.68. The molecule has 4 N–H and O–H groups in total. The molecule has 1 atom stereocenters. The van der Waals surface area contributed by atoms with E-state index in [1.807, 2.05) is 5.32 Å². The lowest BCUT2D eigenvalue weighted by Crippen LogP contribution is -2.45. The van der Waals surface area contributed by atoms with Crippen molar-refractivity contribution in [2.45, 2.75) is 6.04 Å². The van der Waals surface area contributed by atoms with Crippen LogP contribution < -0.4 is 10.6 Å². The molecule has 17 heavy (non-hydrogen) atoms. The summed E-state index contributed by atoms with van der Waals surface area (Å²) >= 11 is 0. The van der Waals surface area contributed by atoms with Crippen molar-refractivity contribution >= 4 is 17.7 Å². The third-order valence-corrected chi connectivity index (χ3v) is 1.91. The van der Waals surface area contributed by atoms with Gasteiger partial charge in [0, 0.05) is 0 Å². The van der Waals surface area contributed by atoms with Crippen molar-refractivity contribution in [1.29, 1.82) is 0 Å². The number of para-hydroxylation sites is 1. The third kappa shape index (κ3) is 3.72. The first-order valence-corrected chi connectivity index (χ1v) is 4.70. The summed E-state index contributed by atoms with van der Waals surface area (Å²) in [7, 11) is 0. The number of rotatable bonds is 4. The largest absolute Gasteiger partial charge is 0.480 e. The Morgan fingerprint density at radius 1 is 1.35 bits per heavy atom. The van der Waals surface area contributed by atoms with Crippen LogP contribution in [0.1, 0.15) is 0 Å². The summed E-state index contributed by atoms with van der Waals surface area (Å²) in [6.07, 6.45) is 0. The summed E-state index contributed by atoms with van der Waals surface area (Å²) in [5.41, 5.74) is -0.0768. The third-order valence-electron chi connectivity index (χ3n) is 1.91. The number of amides is 2. The van der Waals surface area contributed by atoms with Crippen molar-refractivity contribution < 1.29 is 24.2 Å². The number of carbonyl (C=O) groups is 2. The quantitative estimate of drug-likeness (QED) is 0.614. The Morgan fingerprint density at radius 3 is 2.53 bits per heavy atom. The maximum atomic E-state index is 13.1. The molecule has 92 valence electrons. The summed E-state index contributed by atoms with van der Waals surface area (Å²) in [6, 6.07) is 3.10. The lowest BCUT2D eigenvalue weighted by Gasteiger charge is -2.12. The number of aliphatic hydroxyl groups is 1. The Kier molecular flexibility index (Phi) is 4.41. The molecule has 6 nitrogen and oxygen atoms in total. The molecule has 0 fully saturated rings. The topological polar surface area (TPSA) is 98.7 Å². The van der Waals surface area contributed by atoms with E-state index in [1.165, 1.54) is 18.2 Å². The molecule has 0 heterocycles. The maximum Gasteiger partial charge on any atom is 0.328 e. The van der Waals surface area contributed by atoms with E-state index in [2.05, 4.69) is 5.32 Å². The van der Waals surface area contributed by atoms with Crippen LogP contribution in [-0.2, 0) is 4.79 Å². The number of anilines is 1. The number of carboxylic acids is 1. The molecule has 0 aliphatic carbocycles. The molecular weight excluding hydrogens is 231 g/mol. The number of carbonyl (C=O) groups excluding carboxylic acids is 1. The fraction of sp³-hybridized carbons (Fsp3) is 0.200. The smallest absolute Gasteiger partial charge is 0.328 e. The van der Waals surface area contributed by atoms with Crippen LogP contribution in [0.4, 0.5) is 14.9 Å². The minimum Gasteiger partial charge on any atom is -0.480 e. The van der Waals surface area contributed by atoms with Crippen molar-refractivity contribution in [2.75, 3.05) is 11.9 Å². The molecule has 0 radical (unpaired) electrons. The van der Waals surface area contributed by atoms with Crippen LogP contribution in [0.25, 0.3) is 0 Å². The molecule has 0 bridgehead atoms. The normalized spacial score (nSPS) is 11.6. The second-order valence-corrected chi connectivity index (χ2v) is 3.15. The van der Waals surface area contributed by atoms with Crippen LogP contribution in [-0.4, -0.2) is 34.9 Å². The van der Waals surface area contributed by atoms with E-state index in [0.29, 0.717) is 0 Å². The van der Waals surface area contributed by atoms with Crippen LogP contribution in [0, 0.1) is 5.82 Å². The van der Waals surface area contributed by atoms with Gasteiger partial charge in [0.1, 0.15) is 5.82 Å². The summed E-state index contributed by atoms with van der Waals surface area (Å²) < 4.78 is 13.1. The SMILES string of the molecule is O=C(Nc1ccccc1F)NC(CO)C(=O)O. The first-order valence-electron chi connectivity index (χ1n) is 4.70.